The van der Waals surface area contributed by atoms with Gasteiger partial charge in [0.05, 0.1) is 22.2 Å². The Bertz CT molecular complexity index is 1870. The minimum atomic E-state index is -4.81. The fourth-order valence-corrected chi connectivity index (χ4v) is 6.95. The summed E-state index contributed by atoms with van der Waals surface area (Å²) < 4.78 is 83.9. The van der Waals surface area contributed by atoms with Crippen LogP contribution in [-0.4, -0.2) is 23.1 Å². The lowest BCUT2D eigenvalue weighted by molar-refractivity contribution is -0.138. The first-order valence-electron chi connectivity index (χ1n) is 13.8. The van der Waals surface area contributed by atoms with Crippen LogP contribution in [0.5, 0.6) is 0 Å². The van der Waals surface area contributed by atoms with Crippen LogP contribution in [0.15, 0.2) is 94.0 Å². The first-order chi connectivity index (χ1) is 21.6. The molecule has 3 aromatic carbocycles. The van der Waals surface area contributed by atoms with Crippen LogP contribution in [0.1, 0.15) is 51.3 Å². The average molecular weight is 641 g/mol. The molecule has 4 aromatic rings. The molecular formula is C33H25F5N2O4S. The number of pyridine rings is 1. The van der Waals surface area contributed by atoms with E-state index in [2.05, 4.69) is 5.16 Å². The molecule has 0 aliphatic carbocycles. The van der Waals surface area contributed by atoms with E-state index in [1.165, 1.54) is 54.0 Å². The maximum Gasteiger partial charge on any atom is 0.416 e. The molecule has 3 heterocycles. The lowest BCUT2D eigenvalue weighted by Gasteiger charge is -2.22. The molecule has 2 atom stereocenters. The standard InChI is InChI=1S/C33H25F5N2O4S/c1-18-22(15-23-24(33(36,37)38)9-6-10-25(23)35)31-40(26(17-45-31)29(39-42-2)19-7-4-3-5-8-19)30(41)28(18)27-16-43-32(44-27)20-11-13-21(34)14-12-20/h3-14,16,26,32H,15,17H2,1-2H3. The van der Waals surface area contributed by atoms with Crippen molar-refractivity contribution in [3.8, 4) is 0 Å². The number of aromatic nitrogens is 1. The van der Waals surface area contributed by atoms with E-state index >= 15 is 4.39 Å². The highest BCUT2D eigenvalue weighted by molar-refractivity contribution is 7.99. The summed E-state index contributed by atoms with van der Waals surface area (Å²) in [4.78, 5) is 19.5. The first-order valence-corrected chi connectivity index (χ1v) is 14.8. The molecule has 1 aromatic heterocycles. The molecule has 0 bridgehead atoms. The summed E-state index contributed by atoms with van der Waals surface area (Å²) in [5.74, 6) is -1.13. The van der Waals surface area contributed by atoms with Crippen molar-refractivity contribution in [1.82, 2.24) is 4.57 Å². The Morgan fingerprint density at radius 2 is 1.76 bits per heavy atom. The van der Waals surface area contributed by atoms with Gasteiger partial charge in [-0.05, 0) is 54.4 Å². The van der Waals surface area contributed by atoms with Crippen molar-refractivity contribution in [3.05, 3.63) is 140 Å². The molecule has 0 N–H and O–H groups in total. The smallest absolute Gasteiger partial charge is 0.416 e. The number of fused-ring (bicyclic) bond motifs is 1. The number of halogens is 5. The highest BCUT2D eigenvalue weighted by atomic mass is 32.2. The molecule has 0 spiro atoms. The van der Waals surface area contributed by atoms with Gasteiger partial charge in [0.1, 0.15) is 30.7 Å². The lowest BCUT2D eigenvalue weighted by atomic mass is 9.94. The maximum atomic E-state index is 15.1. The van der Waals surface area contributed by atoms with Crippen molar-refractivity contribution in [3.63, 3.8) is 0 Å². The molecule has 2 aliphatic heterocycles. The van der Waals surface area contributed by atoms with Crippen LogP contribution in [0.2, 0.25) is 0 Å². The van der Waals surface area contributed by atoms with Gasteiger partial charge in [0.15, 0.2) is 5.76 Å². The van der Waals surface area contributed by atoms with Gasteiger partial charge in [0, 0.05) is 28.9 Å². The fourth-order valence-electron chi connectivity index (χ4n) is 5.57. The summed E-state index contributed by atoms with van der Waals surface area (Å²) in [6, 6.07) is 16.6. The van der Waals surface area contributed by atoms with Gasteiger partial charge in [-0.1, -0.05) is 41.6 Å². The van der Waals surface area contributed by atoms with E-state index in [1.54, 1.807) is 31.2 Å². The summed E-state index contributed by atoms with van der Waals surface area (Å²) in [5, 5.41) is 4.62. The van der Waals surface area contributed by atoms with Crippen LogP contribution >= 0.6 is 11.8 Å². The maximum absolute atomic E-state index is 15.1. The Morgan fingerprint density at radius 3 is 2.44 bits per heavy atom. The minimum absolute atomic E-state index is 0.0357. The first kappa shape index (κ1) is 30.4. The fraction of sp³-hybridized carbons (Fsp3) is 0.212. The molecular weight excluding hydrogens is 615 g/mol. The summed E-state index contributed by atoms with van der Waals surface area (Å²) in [5.41, 5.74) is 0.127. The van der Waals surface area contributed by atoms with Crippen LogP contribution in [-0.2, 0) is 26.9 Å². The molecule has 0 fully saturated rings. The second-order valence-electron chi connectivity index (χ2n) is 10.4. The molecule has 6 nitrogen and oxygen atoms in total. The molecule has 0 radical (unpaired) electrons. The number of hydrogen-bond acceptors (Lipinski definition) is 6. The number of ether oxygens (including phenoxy) is 2. The zero-order chi connectivity index (χ0) is 31.9. The van der Waals surface area contributed by atoms with Crippen molar-refractivity contribution in [2.45, 2.75) is 36.9 Å². The van der Waals surface area contributed by atoms with Gasteiger partial charge in [-0.25, -0.2) is 8.78 Å². The number of benzene rings is 3. The molecule has 232 valence electrons. The van der Waals surface area contributed by atoms with Gasteiger partial charge >= 0.3 is 6.18 Å². The monoisotopic (exact) mass is 640 g/mol. The van der Waals surface area contributed by atoms with Gasteiger partial charge in [-0.2, -0.15) is 13.2 Å². The van der Waals surface area contributed by atoms with Crippen LogP contribution in [0.4, 0.5) is 22.0 Å². The predicted molar refractivity (Wildman–Crippen MR) is 159 cm³/mol. The number of rotatable bonds is 7. The molecule has 45 heavy (non-hydrogen) atoms. The van der Waals surface area contributed by atoms with E-state index in [-0.39, 0.29) is 11.3 Å². The Hall–Kier alpha value is -4.58. The van der Waals surface area contributed by atoms with Crippen LogP contribution in [0.3, 0.4) is 0 Å². The quantitative estimate of drug-likeness (QED) is 0.117. The van der Waals surface area contributed by atoms with Crippen molar-refractivity contribution >= 4 is 23.2 Å². The number of nitrogens with zero attached hydrogens (tertiary/aromatic N) is 2. The van der Waals surface area contributed by atoms with Crippen molar-refractivity contribution in [1.29, 1.82) is 0 Å². The molecule has 0 saturated heterocycles. The topological polar surface area (TPSA) is 62.0 Å². The van der Waals surface area contributed by atoms with Crippen LogP contribution in [0, 0.1) is 18.6 Å². The molecule has 6 rings (SSSR count). The third kappa shape index (κ3) is 5.70. The highest BCUT2D eigenvalue weighted by Gasteiger charge is 2.39. The predicted octanol–water partition coefficient (Wildman–Crippen LogP) is 7.79. The van der Waals surface area contributed by atoms with Crippen LogP contribution < -0.4 is 5.56 Å². The lowest BCUT2D eigenvalue weighted by Crippen LogP contribution is -2.33. The van der Waals surface area contributed by atoms with Gasteiger partial charge < -0.3 is 14.3 Å². The second kappa shape index (κ2) is 12.1. The summed E-state index contributed by atoms with van der Waals surface area (Å²) in [6.07, 6.45) is -5.01. The normalized spacial score (nSPS) is 17.8. The SMILES string of the molecule is CON=C(c1ccccc1)C1CSc2c(Cc3c(F)cccc3C(F)(F)F)c(C)c(C3=COC(c4ccc(F)cc4)O3)c(=O)n21. The Labute approximate surface area is 258 Å². The van der Waals surface area contributed by atoms with Gasteiger partial charge in [-0.15, -0.1) is 11.8 Å². The zero-order valence-corrected chi connectivity index (χ0v) is 24.7. The number of alkyl halides is 3. The zero-order valence-electron chi connectivity index (χ0n) is 23.9. The Morgan fingerprint density at radius 1 is 1.02 bits per heavy atom. The van der Waals surface area contributed by atoms with Crippen molar-refractivity contribution in [2.24, 2.45) is 5.16 Å². The summed E-state index contributed by atoms with van der Waals surface area (Å²) in [6.45, 7) is 1.59. The minimum Gasteiger partial charge on any atom is -0.454 e. The van der Waals surface area contributed by atoms with Gasteiger partial charge in [0.2, 0.25) is 0 Å². The summed E-state index contributed by atoms with van der Waals surface area (Å²) >= 11 is 1.26. The average Bonchev–Trinajstić information content (AvgIpc) is 3.67. The van der Waals surface area contributed by atoms with E-state index in [0.29, 0.717) is 38.7 Å². The van der Waals surface area contributed by atoms with E-state index in [9.17, 15) is 22.4 Å². The third-order valence-corrected chi connectivity index (χ3v) is 8.90. The number of hydrogen-bond donors (Lipinski definition) is 0. The molecule has 12 heteroatoms. The van der Waals surface area contributed by atoms with E-state index in [4.69, 9.17) is 14.3 Å². The highest BCUT2D eigenvalue weighted by Crippen LogP contribution is 2.43. The Balaban J connectivity index is 1.53. The van der Waals surface area contributed by atoms with E-state index in [0.717, 1.165) is 18.2 Å². The van der Waals surface area contributed by atoms with Gasteiger partial charge in [0.25, 0.3) is 11.8 Å². The van der Waals surface area contributed by atoms with Gasteiger partial charge in [-0.3, -0.25) is 9.36 Å². The molecule has 2 unspecified atom stereocenters. The largest absolute Gasteiger partial charge is 0.454 e. The molecule has 0 amide bonds. The second-order valence-corrected chi connectivity index (χ2v) is 11.4. The van der Waals surface area contributed by atoms with E-state index < -0.39 is 53.2 Å². The van der Waals surface area contributed by atoms with Crippen molar-refractivity contribution in [2.75, 3.05) is 12.9 Å². The summed E-state index contributed by atoms with van der Waals surface area (Å²) in [7, 11) is 1.38. The van der Waals surface area contributed by atoms with Crippen molar-refractivity contribution < 1.29 is 36.3 Å². The third-order valence-electron chi connectivity index (χ3n) is 7.70. The Kier molecular flexibility index (Phi) is 8.17. The van der Waals surface area contributed by atoms with Crippen LogP contribution in [0.25, 0.3) is 5.76 Å². The molecule has 2 aliphatic rings. The molecule has 0 saturated carbocycles. The number of oxime groups is 1. The number of thioether (sulfide) groups is 1. The van der Waals surface area contributed by atoms with E-state index in [1.807, 2.05) is 6.07 Å².